The second kappa shape index (κ2) is 7.59. The molecular weight excluding hydrogens is 284 g/mol. The standard InChI is InChI=1S/C17H27ClN2O/c1-14(12-15-4-6-16(18)7-5-15)19-13-17(20(2)3)8-10-21-11-9-17/h4-7,14,19H,8-13H2,1-3H3. The van der Waals surface area contributed by atoms with E-state index < -0.39 is 0 Å². The summed E-state index contributed by atoms with van der Waals surface area (Å²) in [7, 11) is 4.35. The van der Waals surface area contributed by atoms with Crippen LogP contribution in [0.5, 0.6) is 0 Å². The van der Waals surface area contributed by atoms with E-state index in [-0.39, 0.29) is 5.54 Å². The van der Waals surface area contributed by atoms with Gasteiger partial charge in [0.2, 0.25) is 0 Å². The van der Waals surface area contributed by atoms with Crippen molar-refractivity contribution < 1.29 is 4.74 Å². The molecule has 118 valence electrons. The van der Waals surface area contributed by atoms with Gasteiger partial charge in [-0.25, -0.2) is 0 Å². The Kier molecular flexibility index (Phi) is 6.06. The lowest BCUT2D eigenvalue weighted by atomic mass is 9.88. The third kappa shape index (κ3) is 4.68. The summed E-state index contributed by atoms with van der Waals surface area (Å²) in [4.78, 5) is 2.36. The molecule has 0 saturated carbocycles. The Morgan fingerprint density at radius 1 is 1.24 bits per heavy atom. The predicted octanol–water partition coefficient (Wildman–Crippen LogP) is 2.97. The van der Waals surface area contributed by atoms with E-state index in [9.17, 15) is 0 Å². The molecule has 4 heteroatoms. The molecule has 3 nitrogen and oxygen atoms in total. The molecule has 0 aliphatic carbocycles. The third-order valence-electron chi connectivity index (χ3n) is 4.61. The second-order valence-electron chi connectivity index (χ2n) is 6.34. The number of likely N-dealkylation sites (N-methyl/N-ethyl adjacent to an activating group) is 1. The van der Waals surface area contributed by atoms with E-state index in [1.165, 1.54) is 5.56 Å². The van der Waals surface area contributed by atoms with Crippen molar-refractivity contribution in [1.82, 2.24) is 10.2 Å². The fourth-order valence-electron chi connectivity index (χ4n) is 2.94. The van der Waals surface area contributed by atoms with Gasteiger partial charge in [-0.2, -0.15) is 0 Å². The van der Waals surface area contributed by atoms with E-state index in [0.717, 1.165) is 44.0 Å². The largest absolute Gasteiger partial charge is 0.381 e. The van der Waals surface area contributed by atoms with Gasteiger partial charge in [0.15, 0.2) is 0 Å². The quantitative estimate of drug-likeness (QED) is 0.874. The zero-order valence-corrected chi connectivity index (χ0v) is 14.1. The number of hydrogen-bond acceptors (Lipinski definition) is 3. The van der Waals surface area contributed by atoms with E-state index in [1.54, 1.807) is 0 Å². The molecule has 21 heavy (non-hydrogen) atoms. The summed E-state index contributed by atoms with van der Waals surface area (Å²) in [5, 5.41) is 4.51. The maximum absolute atomic E-state index is 5.93. The Hall–Kier alpha value is -0.610. The summed E-state index contributed by atoms with van der Waals surface area (Å²) in [5.41, 5.74) is 1.55. The van der Waals surface area contributed by atoms with Crippen molar-refractivity contribution in [3.63, 3.8) is 0 Å². The summed E-state index contributed by atoms with van der Waals surface area (Å²) >= 11 is 5.93. The molecule has 1 unspecified atom stereocenters. The van der Waals surface area contributed by atoms with Gasteiger partial charge in [-0.15, -0.1) is 0 Å². The van der Waals surface area contributed by atoms with E-state index in [4.69, 9.17) is 16.3 Å². The molecule has 1 aromatic carbocycles. The molecule has 1 aromatic rings. The Morgan fingerprint density at radius 2 is 1.86 bits per heavy atom. The number of hydrogen-bond donors (Lipinski definition) is 1. The van der Waals surface area contributed by atoms with Gasteiger partial charge in [0.05, 0.1) is 0 Å². The maximum atomic E-state index is 5.93. The Labute approximate surface area is 133 Å². The molecule has 1 atom stereocenters. The van der Waals surface area contributed by atoms with E-state index in [2.05, 4.69) is 43.4 Å². The number of nitrogens with one attached hydrogen (secondary N) is 1. The van der Waals surface area contributed by atoms with Crippen molar-refractivity contribution in [2.45, 2.75) is 37.8 Å². The van der Waals surface area contributed by atoms with Crippen molar-refractivity contribution in [1.29, 1.82) is 0 Å². The van der Waals surface area contributed by atoms with Gasteiger partial charge < -0.3 is 15.0 Å². The molecule has 1 N–H and O–H groups in total. The molecule has 2 rings (SSSR count). The second-order valence-corrected chi connectivity index (χ2v) is 6.78. The van der Waals surface area contributed by atoms with Gasteiger partial charge in [-0.1, -0.05) is 23.7 Å². The average Bonchev–Trinajstić information content (AvgIpc) is 2.48. The Bertz CT molecular complexity index is 427. The van der Waals surface area contributed by atoms with Crippen molar-refractivity contribution in [2.24, 2.45) is 0 Å². The molecule has 0 amide bonds. The first-order chi connectivity index (χ1) is 10.0. The highest BCUT2D eigenvalue weighted by Crippen LogP contribution is 2.25. The van der Waals surface area contributed by atoms with Crippen LogP contribution in [0.15, 0.2) is 24.3 Å². The van der Waals surface area contributed by atoms with E-state index in [0.29, 0.717) is 6.04 Å². The molecular formula is C17H27ClN2O. The van der Waals surface area contributed by atoms with E-state index in [1.807, 2.05) is 12.1 Å². The monoisotopic (exact) mass is 310 g/mol. The molecule has 0 radical (unpaired) electrons. The van der Waals surface area contributed by atoms with Crippen LogP contribution >= 0.6 is 11.6 Å². The Balaban J connectivity index is 1.86. The highest BCUT2D eigenvalue weighted by Gasteiger charge is 2.34. The van der Waals surface area contributed by atoms with Gasteiger partial charge in [0.25, 0.3) is 0 Å². The van der Waals surface area contributed by atoms with Crippen LogP contribution in [0, 0.1) is 0 Å². The molecule has 0 spiro atoms. The van der Waals surface area contributed by atoms with Crippen molar-refractivity contribution >= 4 is 11.6 Å². The first-order valence-electron chi connectivity index (χ1n) is 7.75. The highest BCUT2D eigenvalue weighted by atomic mass is 35.5. The van der Waals surface area contributed by atoms with Crippen LogP contribution < -0.4 is 5.32 Å². The van der Waals surface area contributed by atoms with Crippen molar-refractivity contribution in [3.8, 4) is 0 Å². The molecule has 1 aliphatic heterocycles. The minimum Gasteiger partial charge on any atom is -0.381 e. The minimum atomic E-state index is 0.229. The number of halogens is 1. The molecule has 0 aromatic heterocycles. The number of rotatable bonds is 6. The smallest absolute Gasteiger partial charge is 0.0484 e. The van der Waals surface area contributed by atoms with Crippen LogP contribution in [0.4, 0.5) is 0 Å². The summed E-state index contributed by atoms with van der Waals surface area (Å²) in [6.45, 7) is 4.99. The summed E-state index contributed by atoms with van der Waals surface area (Å²) in [6.07, 6.45) is 3.22. The van der Waals surface area contributed by atoms with Crippen LogP contribution in [0.2, 0.25) is 5.02 Å². The van der Waals surface area contributed by atoms with Crippen LogP contribution in [0.1, 0.15) is 25.3 Å². The summed E-state index contributed by atoms with van der Waals surface area (Å²) < 4.78 is 5.52. The first-order valence-corrected chi connectivity index (χ1v) is 8.13. The first kappa shape index (κ1) is 16.8. The maximum Gasteiger partial charge on any atom is 0.0484 e. The third-order valence-corrected chi connectivity index (χ3v) is 4.86. The SMILES string of the molecule is CC(Cc1ccc(Cl)cc1)NCC1(N(C)C)CCOCC1. The number of nitrogens with zero attached hydrogens (tertiary/aromatic N) is 1. The normalized spacial score (nSPS) is 19.7. The van der Waals surface area contributed by atoms with E-state index >= 15 is 0 Å². The van der Waals surface area contributed by atoms with Crippen LogP contribution in [-0.2, 0) is 11.2 Å². The van der Waals surface area contributed by atoms with Crippen LogP contribution in [-0.4, -0.2) is 50.3 Å². The topological polar surface area (TPSA) is 24.5 Å². The summed E-state index contributed by atoms with van der Waals surface area (Å²) in [5.74, 6) is 0. The lowest BCUT2D eigenvalue weighted by molar-refractivity contribution is -0.00803. The molecule has 1 heterocycles. The molecule has 0 bridgehead atoms. The number of ether oxygens (including phenoxy) is 1. The summed E-state index contributed by atoms with van der Waals surface area (Å²) in [6, 6.07) is 8.59. The van der Waals surface area contributed by atoms with Crippen molar-refractivity contribution in [3.05, 3.63) is 34.9 Å². The molecule has 1 saturated heterocycles. The van der Waals surface area contributed by atoms with Gasteiger partial charge in [0.1, 0.15) is 0 Å². The zero-order valence-electron chi connectivity index (χ0n) is 13.4. The minimum absolute atomic E-state index is 0.229. The zero-order chi connectivity index (χ0) is 15.3. The van der Waals surface area contributed by atoms with Crippen molar-refractivity contribution in [2.75, 3.05) is 33.9 Å². The Morgan fingerprint density at radius 3 is 2.43 bits per heavy atom. The fraction of sp³-hybridized carbons (Fsp3) is 0.647. The lowest BCUT2D eigenvalue weighted by Crippen LogP contribution is -2.56. The van der Waals surface area contributed by atoms with Gasteiger partial charge >= 0.3 is 0 Å². The molecule has 1 fully saturated rings. The number of benzene rings is 1. The predicted molar refractivity (Wildman–Crippen MR) is 89.1 cm³/mol. The van der Waals surface area contributed by atoms with Crippen LogP contribution in [0.25, 0.3) is 0 Å². The van der Waals surface area contributed by atoms with Crippen LogP contribution in [0.3, 0.4) is 0 Å². The highest BCUT2D eigenvalue weighted by molar-refractivity contribution is 6.30. The van der Waals surface area contributed by atoms with Gasteiger partial charge in [-0.05, 0) is 58.0 Å². The fourth-order valence-corrected chi connectivity index (χ4v) is 3.07. The molecule has 1 aliphatic rings. The lowest BCUT2D eigenvalue weighted by Gasteiger charge is -2.43. The average molecular weight is 311 g/mol. The van der Waals surface area contributed by atoms with Gasteiger partial charge in [0, 0.05) is 36.4 Å². The van der Waals surface area contributed by atoms with Gasteiger partial charge in [-0.3, -0.25) is 0 Å².